The zero-order valence-electron chi connectivity index (χ0n) is 13.3. The number of fused-ring (bicyclic) bond motifs is 1. The highest BCUT2D eigenvalue weighted by Gasteiger charge is 2.27. The van der Waals surface area contributed by atoms with Gasteiger partial charge in [0.25, 0.3) is 0 Å². The van der Waals surface area contributed by atoms with Crippen LogP contribution in [0.3, 0.4) is 0 Å². The van der Waals surface area contributed by atoms with Crippen LogP contribution >= 0.6 is 0 Å². The molecule has 0 saturated carbocycles. The van der Waals surface area contributed by atoms with Crippen molar-refractivity contribution in [2.45, 2.75) is 39.8 Å². The molecule has 2 unspecified atom stereocenters. The molecule has 0 bridgehead atoms. The largest absolute Gasteiger partial charge is 0.368 e. The molecule has 3 heteroatoms. The van der Waals surface area contributed by atoms with Crippen LogP contribution in [0.5, 0.6) is 0 Å². The van der Waals surface area contributed by atoms with Gasteiger partial charge in [-0.1, -0.05) is 32.0 Å². The molecule has 1 N–H and O–H groups in total. The Hall–Kier alpha value is -1.61. The van der Waals surface area contributed by atoms with E-state index in [1.165, 1.54) is 17.5 Å². The summed E-state index contributed by atoms with van der Waals surface area (Å²) in [6.07, 6.45) is 1.28. The van der Waals surface area contributed by atoms with Gasteiger partial charge in [-0.2, -0.15) is 0 Å². The van der Waals surface area contributed by atoms with E-state index in [4.69, 9.17) is 4.98 Å². The molecule has 2 heterocycles. The van der Waals surface area contributed by atoms with Gasteiger partial charge in [0.1, 0.15) is 0 Å². The highest BCUT2D eigenvalue weighted by molar-refractivity contribution is 5.92. The molecule has 3 nitrogen and oxygen atoms in total. The molecule has 1 aromatic carbocycles. The predicted octanol–water partition coefficient (Wildman–Crippen LogP) is 3.58. The summed E-state index contributed by atoms with van der Waals surface area (Å²) in [6.45, 7) is 9.78. The second-order valence-corrected chi connectivity index (χ2v) is 6.27. The lowest BCUT2D eigenvalue weighted by molar-refractivity contribution is 0.625. The minimum Gasteiger partial charge on any atom is -0.368 e. The van der Waals surface area contributed by atoms with Gasteiger partial charge in [-0.25, -0.2) is 0 Å². The van der Waals surface area contributed by atoms with Gasteiger partial charge in [0.2, 0.25) is 0 Å². The average Bonchev–Trinajstić information content (AvgIpc) is 2.82. The smallest absolute Gasteiger partial charge is 0.0726 e. The molecule has 1 aliphatic rings. The first-order valence-corrected chi connectivity index (χ1v) is 8.05. The van der Waals surface area contributed by atoms with Crippen molar-refractivity contribution in [1.82, 2.24) is 10.3 Å². The lowest BCUT2D eigenvalue weighted by Gasteiger charge is -2.26. The number of rotatable bonds is 4. The van der Waals surface area contributed by atoms with Gasteiger partial charge in [0.15, 0.2) is 0 Å². The molecule has 1 aromatic heterocycles. The summed E-state index contributed by atoms with van der Waals surface area (Å²) in [5, 5.41) is 4.66. The van der Waals surface area contributed by atoms with Crippen molar-refractivity contribution in [3.63, 3.8) is 0 Å². The zero-order chi connectivity index (χ0) is 14.8. The molecule has 0 aliphatic carbocycles. The van der Waals surface area contributed by atoms with E-state index in [2.05, 4.69) is 61.3 Å². The van der Waals surface area contributed by atoms with Gasteiger partial charge in [0, 0.05) is 30.2 Å². The van der Waals surface area contributed by atoms with Gasteiger partial charge < -0.3 is 10.2 Å². The molecule has 3 rings (SSSR count). The van der Waals surface area contributed by atoms with Crippen LogP contribution in [0.15, 0.2) is 30.3 Å². The molecule has 1 saturated heterocycles. The molecule has 112 valence electrons. The molecule has 2 aromatic rings. The normalized spacial score (nSPS) is 22.1. The lowest BCUT2D eigenvalue weighted by atomic mass is 10.1. The lowest BCUT2D eigenvalue weighted by Crippen LogP contribution is -2.27. The van der Waals surface area contributed by atoms with E-state index in [1.807, 2.05) is 0 Å². The molecular formula is C18H25N3. The second kappa shape index (κ2) is 6.02. The maximum absolute atomic E-state index is 4.80. The van der Waals surface area contributed by atoms with Gasteiger partial charge in [0.05, 0.1) is 11.2 Å². The van der Waals surface area contributed by atoms with Gasteiger partial charge in [-0.3, -0.25) is 4.98 Å². The quantitative estimate of drug-likeness (QED) is 0.929. The molecule has 0 radical (unpaired) electrons. The van der Waals surface area contributed by atoms with Crippen LogP contribution in [0.2, 0.25) is 0 Å². The number of hydrogen-bond donors (Lipinski definition) is 1. The Morgan fingerprint density at radius 3 is 2.81 bits per heavy atom. The summed E-state index contributed by atoms with van der Waals surface area (Å²) >= 11 is 0. The number of benzene rings is 1. The molecule has 1 fully saturated rings. The first-order valence-electron chi connectivity index (χ1n) is 8.05. The van der Waals surface area contributed by atoms with Crippen molar-refractivity contribution in [3.8, 4) is 0 Å². The Balaban J connectivity index is 2.06. The minimum atomic E-state index is 0.609. The summed E-state index contributed by atoms with van der Waals surface area (Å²) in [5.74, 6) is 0.768. The standard InChI is InChI=1S/C18H25N3/c1-4-19-11-15-10-18(21-12-13(2)9-14(21)3)16-7-5-6-8-17(16)20-15/h5-8,10,13-14,19H,4,9,11-12H2,1-3H3. The van der Waals surface area contributed by atoms with E-state index in [9.17, 15) is 0 Å². The summed E-state index contributed by atoms with van der Waals surface area (Å²) in [5.41, 5.74) is 3.59. The number of aromatic nitrogens is 1. The van der Waals surface area contributed by atoms with Crippen molar-refractivity contribution >= 4 is 16.6 Å². The summed E-state index contributed by atoms with van der Waals surface area (Å²) in [4.78, 5) is 7.36. The third kappa shape index (κ3) is 2.88. The number of nitrogens with one attached hydrogen (secondary N) is 1. The van der Waals surface area contributed by atoms with Crippen LogP contribution in [0.4, 0.5) is 5.69 Å². The summed E-state index contributed by atoms with van der Waals surface area (Å²) in [6, 6.07) is 11.4. The first kappa shape index (κ1) is 14.3. The molecule has 0 amide bonds. The molecule has 2 atom stereocenters. The highest BCUT2D eigenvalue weighted by atomic mass is 15.2. The number of hydrogen-bond acceptors (Lipinski definition) is 3. The van der Waals surface area contributed by atoms with E-state index in [1.54, 1.807) is 0 Å². The predicted molar refractivity (Wildman–Crippen MR) is 89.7 cm³/mol. The van der Waals surface area contributed by atoms with Crippen LogP contribution < -0.4 is 10.2 Å². The van der Waals surface area contributed by atoms with Crippen molar-refractivity contribution in [2.24, 2.45) is 5.92 Å². The zero-order valence-corrected chi connectivity index (χ0v) is 13.3. The average molecular weight is 283 g/mol. The maximum atomic E-state index is 4.80. The van der Waals surface area contributed by atoms with Crippen LogP contribution in [-0.2, 0) is 6.54 Å². The summed E-state index contributed by atoms with van der Waals surface area (Å²) < 4.78 is 0. The van der Waals surface area contributed by atoms with Crippen molar-refractivity contribution in [3.05, 3.63) is 36.0 Å². The molecular weight excluding hydrogens is 258 g/mol. The van der Waals surface area contributed by atoms with E-state index >= 15 is 0 Å². The first-order chi connectivity index (χ1) is 10.2. The minimum absolute atomic E-state index is 0.609. The van der Waals surface area contributed by atoms with Crippen LogP contribution in [0.1, 0.15) is 32.9 Å². The van der Waals surface area contributed by atoms with E-state index in [-0.39, 0.29) is 0 Å². The van der Waals surface area contributed by atoms with Crippen molar-refractivity contribution in [1.29, 1.82) is 0 Å². The fourth-order valence-electron chi connectivity index (χ4n) is 3.43. The van der Waals surface area contributed by atoms with Crippen molar-refractivity contribution < 1.29 is 0 Å². The molecule has 21 heavy (non-hydrogen) atoms. The molecule has 0 spiro atoms. The SMILES string of the molecule is CCNCc1cc(N2CC(C)CC2C)c2ccccc2n1. The van der Waals surface area contributed by atoms with Crippen molar-refractivity contribution in [2.75, 3.05) is 18.0 Å². The Kier molecular flexibility index (Phi) is 4.11. The number of pyridine rings is 1. The maximum Gasteiger partial charge on any atom is 0.0726 e. The van der Waals surface area contributed by atoms with Crippen LogP contribution in [0.25, 0.3) is 10.9 Å². The molecule has 1 aliphatic heterocycles. The Labute approximate surface area is 127 Å². The van der Waals surface area contributed by atoms with E-state index < -0.39 is 0 Å². The van der Waals surface area contributed by atoms with E-state index in [0.29, 0.717) is 6.04 Å². The van der Waals surface area contributed by atoms with Crippen LogP contribution in [0, 0.1) is 5.92 Å². The van der Waals surface area contributed by atoms with Crippen LogP contribution in [-0.4, -0.2) is 24.1 Å². The van der Waals surface area contributed by atoms with Gasteiger partial charge in [-0.05, 0) is 37.9 Å². The Morgan fingerprint density at radius 1 is 1.29 bits per heavy atom. The van der Waals surface area contributed by atoms with E-state index in [0.717, 1.165) is 36.8 Å². The topological polar surface area (TPSA) is 28.2 Å². The second-order valence-electron chi connectivity index (χ2n) is 6.27. The Morgan fingerprint density at radius 2 is 2.10 bits per heavy atom. The fraction of sp³-hybridized carbons (Fsp3) is 0.500. The highest BCUT2D eigenvalue weighted by Crippen LogP contribution is 2.34. The number of para-hydroxylation sites is 1. The Bertz CT molecular complexity index is 623. The number of nitrogens with zero attached hydrogens (tertiary/aromatic N) is 2. The summed E-state index contributed by atoms with van der Waals surface area (Å²) in [7, 11) is 0. The third-order valence-corrected chi connectivity index (χ3v) is 4.40. The van der Waals surface area contributed by atoms with Gasteiger partial charge >= 0.3 is 0 Å². The monoisotopic (exact) mass is 283 g/mol. The number of anilines is 1. The fourth-order valence-corrected chi connectivity index (χ4v) is 3.43. The van der Waals surface area contributed by atoms with Gasteiger partial charge in [-0.15, -0.1) is 0 Å². The third-order valence-electron chi connectivity index (χ3n) is 4.40.